The summed E-state index contributed by atoms with van der Waals surface area (Å²) in [4.78, 5) is 11.5. The second kappa shape index (κ2) is 3.47. The highest BCUT2D eigenvalue weighted by atomic mass is 16.6. The Balaban J connectivity index is 2.02. The molecule has 0 amide bonds. The number of nitrogens with zero attached hydrogens (tertiary/aromatic N) is 1. The van der Waals surface area contributed by atoms with Crippen LogP contribution in [-0.2, 0) is 0 Å². The zero-order chi connectivity index (χ0) is 13.2. The highest BCUT2D eigenvalue weighted by Gasteiger charge is 2.67. The van der Waals surface area contributed by atoms with E-state index in [1.54, 1.807) is 0 Å². The van der Waals surface area contributed by atoms with Gasteiger partial charge < -0.3 is 5.11 Å². The molecule has 4 aliphatic carbocycles. The average molecular weight is 253 g/mol. The Kier molecular flexibility index (Phi) is 2.39. The fourth-order valence-corrected chi connectivity index (χ4v) is 5.43. The highest BCUT2D eigenvalue weighted by Crippen LogP contribution is 2.66. The molecular formula is C14H23NO3. The predicted molar refractivity (Wildman–Crippen MR) is 67.8 cm³/mol. The molecule has 102 valence electrons. The first-order valence-corrected chi connectivity index (χ1v) is 7.19. The van der Waals surface area contributed by atoms with E-state index in [0.717, 1.165) is 32.1 Å². The van der Waals surface area contributed by atoms with Gasteiger partial charge in [-0.25, -0.2) is 0 Å². The van der Waals surface area contributed by atoms with Crippen molar-refractivity contribution in [2.75, 3.05) is 0 Å². The molecule has 4 aliphatic rings. The Morgan fingerprint density at radius 2 is 1.89 bits per heavy atom. The molecule has 0 saturated heterocycles. The van der Waals surface area contributed by atoms with Gasteiger partial charge in [-0.05, 0) is 44.4 Å². The van der Waals surface area contributed by atoms with Crippen molar-refractivity contribution >= 4 is 0 Å². The summed E-state index contributed by atoms with van der Waals surface area (Å²) in [5.74, 6) is 0.935. The van der Waals surface area contributed by atoms with Crippen molar-refractivity contribution in [3.05, 3.63) is 10.1 Å². The van der Waals surface area contributed by atoms with Gasteiger partial charge in [-0.2, -0.15) is 0 Å². The molecule has 1 N–H and O–H groups in total. The maximum Gasteiger partial charge on any atom is 0.223 e. The van der Waals surface area contributed by atoms with Crippen LogP contribution in [0, 0.1) is 27.4 Å². The first-order valence-electron chi connectivity index (χ1n) is 7.19. The Hall–Kier alpha value is -0.640. The summed E-state index contributed by atoms with van der Waals surface area (Å²) >= 11 is 0. The zero-order valence-corrected chi connectivity index (χ0v) is 11.3. The molecule has 0 aromatic carbocycles. The Labute approximate surface area is 108 Å². The van der Waals surface area contributed by atoms with Gasteiger partial charge in [-0.15, -0.1) is 0 Å². The molecule has 18 heavy (non-hydrogen) atoms. The topological polar surface area (TPSA) is 63.4 Å². The van der Waals surface area contributed by atoms with Gasteiger partial charge in [-0.3, -0.25) is 10.1 Å². The molecule has 0 aromatic rings. The SMILES string of the molecule is CCC(C)(O)C12CC3CC(CC([N+](=O)[O-])(C3)C1)C2. The first kappa shape index (κ1) is 12.4. The number of hydrogen-bond donors (Lipinski definition) is 1. The molecule has 3 unspecified atom stereocenters. The van der Waals surface area contributed by atoms with Crippen LogP contribution in [-0.4, -0.2) is 21.2 Å². The second-order valence-corrected chi connectivity index (χ2v) is 7.35. The third-order valence-corrected chi connectivity index (χ3v) is 6.25. The van der Waals surface area contributed by atoms with Crippen LogP contribution in [0.15, 0.2) is 0 Å². The van der Waals surface area contributed by atoms with E-state index in [-0.39, 0.29) is 10.3 Å². The summed E-state index contributed by atoms with van der Waals surface area (Å²) in [6.07, 6.45) is 5.94. The van der Waals surface area contributed by atoms with E-state index in [0.29, 0.717) is 24.7 Å². The molecule has 4 heteroatoms. The molecule has 0 aromatic heterocycles. The third kappa shape index (κ3) is 1.41. The van der Waals surface area contributed by atoms with Gasteiger partial charge in [0.2, 0.25) is 5.54 Å². The minimum atomic E-state index is -0.744. The fourth-order valence-electron chi connectivity index (χ4n) is 5.43. The lowest BCUT2D eigenvalue weighted by molar-refractivity contribution is -0.594. The molecule has 4 rings (SSSR count). The van der Waals surface area contributed by atoms with Gasteiger partial charge in [0.15, 0.2) is 0 Å². The van der Waals surface area contributed by atoms with E-state index in [9.17, 15) is 15.2 Å². The fraction of sp³-hybridized carbons (Fsp3) is 1.00. The minimum absolute atomic E-state index is 0.0228. The molecule has 3 atom stereocenters. The summed E-state index contributed by atoms with van der Waals surface area (Å²) in [7, 11) is 0. The molecular weight excluding hydrogens is 230 g/mol. The number of rotatable bonds is 3. The van der Waals surface area contributed by atoms with Crippen molar-refractivity contribution in [2.45, 2.75) is 69.9 Å². The van der Waals surface area contributed by atoms with E-state index in [2.05, 4.69) is 0 Å². The molecule has 4 bridgehead atoms. The van der Waals surface area contributed by atoms with Crippen molar-refractivity contribution in [3.8, 4) is 0 Å². The third-order valence-electron chi connectivity index (χ3n) is 6.25. The molecule has 4 saturated carbocycles. The van der Waals surface area contributed by atoms with Crippen molar-refractivity contribution < 1.29 is 10.0 Å². The molecule has 4 fully saturated rings. The summed E-state index contributed by atoms with van der Waals surface area (Å²) in [5.41, 5.74) is -1.66. The van der Waals surface area contributed by atoms with Crippen molar-refractivity contribution in [3.63, 3.8) is 0 Å². The average Bonchev–Trinajstić information content (AvgIpc) is 2.26. The van der Waals surface area contributed by atoms with E-state index < -0.39 is 11.1 Å². The minimum Gasteiger partial charge on any atom is -0.390 e. The van der Waals surface area contributed by atoms with Crippen LogP contribution < -0.4 is 0 Å². The summed E-state index contributed by atoms with van der Waals surface area (Å²) in [6.45, 7) is 3.89. The van der Waals surface area contributed by atoms with Crippen LogP contribution in [0.1, 0.15) is 58.8 Å². The molecule has 4 nitrogen and oxygen atoms in total. The number of nitro groups is 1. The molecule has 0 aliphatic heterocycles. The number of hydrogen-bond acceptors (Lipinski definition) is 3. The van der Waals surface area contributed by atoms with Gasteiger partial charge in [0.25, 0.3) is 0 Å². The maximum atomic E-state index is 11.5. The van der Waals surface area contributed by atoms with Crippen LogP contribution >= 0.6 is 0 Å². The summed E-state index contributed by atoms with van der Waals surface area (Å²) in [6, 6.07) is 0. The van der Waals surface area contributed by atoms with Gasteiger partial charge >= 0.3 is 0 Å². The lowest BCUT2D eigenvalue weighted by Crippen LogP contribution is -2.64. The van der Waals surface area contributed by atoms with Gasteiger partial charge in [0, 0.05) is 29.6 Å². The van der Waals surface area contributed by atoms with Crippen LogP contribution in [0.5, 0.6) is 0 Å². The van der Waals surface area contributed by atoms with Crippen molar-refractivity contribution in [1.82, 2.24) is 0 Å². The van der Waals surface area contributed by atoms with Crippen molar-refractivity contribution in [1.29, 1.82) is 0 Å². The van der Waals surface area contributed by atoms with Crippen LogP contribution in [0.3, 0.4) is 0 Å². The van der Waals surface area contributed by atoms with Crippen LogP contribution in [0.25, 0.3) is 0 Å². The zero-order valence-electron chi connectivity index (χ0n) is 11.3. The van der Waals surface area contributed by atoms with Gasteiger partial charge in [0.1, 0.15) is 0 Å². The van der Waals surface area contributed by atoms with E-state index in [1.165, 1.54) is 0 Å². The second-order valence-electron chi connectivity index (χ2n) is 7.35. The largest absolute Gasteiger partial charge is 0.390 e. The monoisotopic (exact) mass is 253 g/mol. The van der Waals surface area contributed by atoms with Gasteiger partial charge in [0.05, 0.1) is 5.60 Å². The van der Waals surface area contributed by atoms with E-state index in [4.69, 9.17) is 0 Å². The lowest BCUT2D eigenvalue weighted by Gasteiger charge is -2.62. The van der Waals surface area contributed by atoms with Crippen LogP contribution in [0.2, 0.25) is 0 Å². The molecule has 0 radical (unpaired) electrons. The Morgan fingerprint density at radius 3 is 2.33 bits per heavy atom. The quantitative estimate of drug-likeness (QED) is 0.621. The van der Waals surface area contributed by atoms with E-state index >= 15 is 0 Å². The van der Waals surface area contributed by atoms with Crippen molar-refractivity contribution in [2.24, 2.45) is 17.3 Å². The normalized spacial score (nSPS) is 49.1. The van der Waals surface area contributed by atoms with E-state index in [1.807, 2.05) is 13.8 Å². The van der Waals surface area contributed by atoms with Crippen LogP contribution in [0.4, 0.5) is 0 Å². The number of aliphatic hydroxyl groups is 1. The predicted octanol–water partition coefficient (Wildman–Crippen LogP) is 2.76. The summed E-state index contributed by atoms with van der Waals surface area (Å²) in [5, 5.41) is 22.3. The van der Waals surface area contributed by atoms with Gasteiger partial charge in [-0.1, -0.05) is 6.92 Å². The molecule has 0 heterocycles. The maximum absolute atomic E-state index is 11.5. The molecule has 0 spiro atoms. The Bertz CT molecular complexity index is 377. The Morgan fingerprint density at radius 1 is 1.33 bits per heavy atom. The first-order chi connectivity index (χ1) is 8.32. The lowest BCUT2D eigenvalue weighted by atomic mass is 9.43. The highest BCUT2D eigenvalue weighted by molar-refractivity contribution is 5.13. The standard InChI is InChI=1S/C14H23NO3/c1-3-12(2,16)13-5-10-4-11(6-13)8-14(7-10,9-13)15(17)18/h10-11,16H,3-9H2,1-2H3. The summed E-state index contributed by atoms with van der Waals surface area (Å²) < 4.78 is 0. The smallest absolute Gasteiger partial charge is 0.223 e.